The Kier molecular flexibility index (Phi) is 5.59. The van der Waals surface area contributed by atoms with Crippen molar-refractivity contribution in [2.45, 2.75) is 25.5 Å². The molecule has 2 aromatic carbocycles. The topological polar surface area (TPSA) is 92.5 Å². The van der Waals surface area contributed by atoms with Crippen molar-refractivity contribution in [2.24, 2.45) is 0 Å². The highest BCUT2D eigenvalue weighted by Gasteiger charge is 2.16. The first-order chi connectivity index (χ1) is 11.4. The molecule has 0 saturated heterocycles. The van der Waals surface area contributed by atoms with Crippen LogP contribution < -0.4 is 5.32 Å². The van der Waals surface area contributed by atoms with E-state index in [2.05, 4.69) is 5.32 Å². The predicted octanol–water partition coefficient (Wildman–Crippen LogP) is 2.98. The Morgan fingerprint density at radius 2 is 1.79 bits per heavy atom. The van der Waals surface area contributed by atoms with Gasteiger partial charge in [0.15, 0.2) is 0 Å². The average Bonchev–Trinajstić information content (AvgIpc) is 2.55. The van der Waals surface area contributed by atoms with Gasteiger partial charge in [0.1, 0.15) is 5.82 Å². The molecule has 0 aliphatic carbocycles. The highest BCUT2D eigenvalue weighted by atomic mass is 19.1. The number of carbonyl (C=O) groups excluding carboxylic acids is 1. The fourth-order valence-corrected chi connectivity index (χ4v) is 2.26. The van der Waals surface area contributed by atoms with E-state index >= 15 is 0 Å². The number of hydrogen-bond donors (Lipinski definition) is 2. The van der Waals surface area contributed by atoms with Crippen molar-refractivity contribution in [2.75, 3.05) is 0 Å². The van der Waals surface area contributed by atoms with Gasteiger partial charge >= 0.3 is 0 Å². The van der Waals surface area contributed by atoms with E-state index < -0.39 is 11.0 Å². The lowest BCUT2D eigenvalue weighted by atomic mass is 10.0. The van der Waals surface area contributed by atoms with Gasteiger partial charge in [-0.15, -0.1) is 0 Å². The molecule has 24 heavy (non-hydrogen) atoms. The van der Waals surface area contributed by atoms with Crippen LogP contribution in [0.25, 0.3) is 0 Å². The second-order valence-corrected chi connectivity index (χ2v) is 5.48. The number of nitro benzene ring substituents is 1. The lowest BCUT2D eigenvalue weighted by molar-refractivity contribution is -0.384. The summed E-state index contributed by atoms with van der Waals surface area (Å²) < 4.78 is 12.9. The summed E-state index contributed by atoms with van der Waals surface area (Å²) in [5.41, 5.74) is 0.767. The SMILES string of the molecule is CC(CC(O)c1ccc(F)cc1)NC(=O)c1ccc([N+](=O)[O-])cc1. The van der Waals surface area contributed by atoms with Crippen LogP contribution in [0.4, 0.5) is 10.1 Å². The molecule has 0 bridgehead atoms. The molecule has 0 heterocycles. The Balaban J connectivity index is 1.93. The van der Waals surface area contributed by atoms with Crippen LogP contribution in [0.1, 0.15) is 35.4 Å². The number of non-ortho nitro benzene ring substituents is 1. The molecular formula is C17H17FN2O4. The minimum Gasteiger partial charge on any atom is -0.388 e. The summed E-state index contributed by atoms with van der Waals surface area (Å²) in [7, 11) is 0. The summed E-state index contributed by atoms with van der Waals surface area (Å²) in [5, 5.41) is 23.4. The van der Waals surface area contributed by atoms with Crippen LogP contribution in [0.15, 0.2) is 48.5 Å². The summed E-state index contributed by atoms with van der Waals surface area (Å²) in [6.07, 6.45) is -0.581. The van der Waals surface area contributed by atoms with Gasteiger partial charge in [-0.1, -0.05) is 12.1 Å². The maximum atomic E-state index is 12.9. The molecular weight excluding hydrogens is 315 g/mol. The van der Waals surface area contributed by atoms with Gasteiger partial charge in [0.2, 0.25) is 0 Å². The fraction of sp³-hybridized carbons (Fsp3) is 0.235. The summed E-state index contributed by atoms with van der Waals surface area (Å²) >= 11 is 0. The number of halogens is 1. The molecule has 2 aromatic rings. The van der Waals surface area contributed by atoms with Crippen molar-refractivity contribution < 1.29 is 19.2 Å². The van der Waals surface area contributed by atoms with Gasteiger partial charge in [-0.3, -0.25) is 14.9 Å². The molecule has 0 aromatic heterocycles. The number of rotatable bonds is 6. The monoisotopic (exact) mass is 332 g/mol. The number of amides is 1. The zero-order chi connectivity index (χ0) is 17.7. The van der Waals surface area contributed by atoms with E-state index in [0.29, 0.717) is 11.1 Å². The van der Waals surface area contributed by atoms with Crippen molar-refractivity contribution >= 4 is 11.6 Å². The molecule has 2 unspecified atom stereocenters. The summed E-state index contributed by atoms with van der Waals surface area (Å²) in [4.78, 5) is 22.1. The first-order valence-electron chi connectivity index (χ1n) is 7.35. The van der Waals surface area contributed by atoms with Crippen molar-refractivity contribution in [1.82, 2.24) is 5.32 Å². The van der Waals surface area contributed by atoms with E-state index in [1.165, 1.54) is 48.5 Å². The highest BCUT2D eigenvalue weighted by molar-refractivity contribution is 5.94. The maximum absolute atomic E-state index is 12.9. The van der Waals surface area contributed by atoms with Crippen LogP contribution in [0.5, 0.6) is 0 Å². The predicted molar refractivity (Wildman–Crippen MR) is 86.0 cm³/mol. The number of nitro groups is 1. The van der Waals surface area contributed by atoms with E-state index in [0.717, 1.165) is 0 Å². The van der Waals surface area contributed by atoms with Gasteiger partial charge in [0, 0.05) is 23.7 Å². The number of aliphatic hydroxyl groups excluding tert-OH is 1. The molecule has 2 N–H and O–H groups in total. The molecule has 0 radical (unpaired) electrons. The fourth-order valence-electron chi connectivity index (χ4n) is 2.26. The third-order valence-corrected chi connectivity index (χ3v) is 3.55. The van der Waals surface area contributed by atoms with Gasteiger partial charge in [-0.05, 0) is 43.2 Å². The molecule has 0 aliphatic heterocycles. The van der Waals surface area contributed by atoms with Gasteiger partial charge in [0.25, 0.3) is 11.6 Å². The van der Waals surface area contributed by atoms with E-state index in [1.54, 1.807) is 6.92 Å². The molecule has 0 saturated carbocycles. The summed E-state index contributed by atoms with van der Waals surface area (Å²) in [5.74, 6) is -0.769. The molecule has 126 valence electrons. The number of aliphatic hydroxyl groups is 1. The molecule has 0 aliphatic rings. The normalized spacial score (nSPS) is 13.1. The maximum Gasteiger partial charge on any atom is 0.269 e. The second kappa shape index (κ2) is 7.65. The van der Waals surface area contributed by atoms with E-state index in [1.807, 2.05) is 0 Å². The van der Waals surface area contributed by atoms with Gasteiger partial charge in [-0.25, -0.2) is 4.39 Å². The lowest BCUT2D eigenvalue weighted by Gasteiger charge is -2.18. The van der Waals surface area contributed by atoms with Crippen molar-refractivity contribution in [3.8, 4) is 0 Å². The molecule has 1 amide bonds. The van der Waals surface area contributed by atoms with E-state index in [4.69, 9.17) is 0 Å². The Morgan fingerprint density at radius 3 is 2.33 bits per heavy atom. The summed E-state index contributed by atoms with van der Waals surface area (Å²) in [6.45, 7) is 1.73. The quantitative estimate of drug-likeness (QED) is 0.628. The average molecular weight is 332 g/mol. The van der Waals surface area contributed by atoms with Gasteiger partial charge in [-0.2, -0.15) is 0 Å². The van der Waals surface area contributed by atoms with Crippen LogP contribution in [-0.2, 0) is 0 Å². The van der Waals surface area contributed by atoms with Gasteiger partial charge in [0.05, 0.1) is 11.0 Å². The third-order valence-electron chi connectivity index (χ3n) is 3.55. The number of benzene rings is 2. The van der Waals surface area contributed by atoms with Gasteiger partial charge < -0.3 is 10.4 Å². The molecule has 2 rings (SSSR count). The number of nitrogens with zero attached hydrogens (tertiary/aromatic N) is 1. The van der Waals surface area contributed by atoms with Crippen molar-refractivity contribution in [3.05, 3.63) is 75.6 Å². The van der Waals surface area contributed by atoms with Crippen molar-refractivity contribution in [1.29, 1.82) is 0 Å². The molecule has 2 atom stereocenters. The molecule has 6 nitrogen and oxygen atoms in total. The standard InChI is InChI=1S/C17H17FN2O4/c1-11(10-16(21)12-2-6-14(18)7-3-12)19-17(22)13-4-8-15(9-5-13)20(23)24/h2-9,11,16,21H,10H2,1H3,(H,19,22). The van der Waals surface area contributed by atoms with Crippen LogP contribution in [0.2, 0.25) is 0 Å². The van der Waals surface area contributed by atoms with Crippen LogP contribution in [-0.4, -0.2) is 22.0 Å². The Morgan fingerprint density at radius 1 is 1.21 bits per heavy atom. The van der Waals surface area contributed by atoms with Crippen LogP contribution in [0, 0.1) is 15.9 Å². The highest BCUT2D eigenvalue weighted by Crippen LogP contribution is 2.19. The number of hydrogen-bond acceptors (Lipinski definition) is 4. The third kappa shape index (κ3) is 4.60. The minimum atomic E-state index is -0.835. The first-order valence-corrected chi connectivity index (χ1v) is 7.35. The first kappa shape index (κ1) is 17.6. The Hall–Kier alpha value is -2.80. The van der Waals surface area contributed by atoms with Crippen LogP contribution in [0.3, 0.4) is 0 Å². The molecule has 0 spiro atoms. The zero-order valence-corrected chi connectivity index (χ0v) is 13.0. The van der Waals surface area contributed by atoms with E-state index in [9.17, 15) is 24.4 Å². The number of carbonyl (C=O) groups is 1. The van der Waals surface area contributed by atoms with Crippen molar-refractivity contribution in [3.63, 3.8) is 0 Å². The van der Waals surface area contributed by atoms with Crippen LogP contribution >= 0.6 is 0 Å². The number of nitrogens with one attached hydrogen (secondary N) is 1. The largest absolute Gasteiger partial charge is 0.388 e. The Bertz CT molecular complexity index is 716. The lowest BCUT2D eigenvalue weighted by Crippen LogP contribution is -2.33. The smallest absolute Gasteiger partial charge is 0.269 e. The summed E-state index contributed by atoms with van der Waals surface area (Å²) in [6, 6.07) is 10.4. The van der Waals surface area contributed by atoms with E-state index in [-0.39, 0.29) is 29.9 Å². The molecule has 0 fully saturated rings. The minimum absolute atomic E-state index is 0.0914. The zero-order valence-electron chi connectivity index (χ0n) is 13.0. The Labute approximate surface area is 138 Å². The molecule has 7 heteroatoms. The second-order valence-electron chi connectivity index (χ2n) is 5.48.